The quantitative estimate of drug-likeness (QED) is 0.856. The van der Waals surface area contributed by atoms with E-state index in [-0.39, 0.29) is 18.3 Å². The van der Waals surface area contributed by atoms with Crippen LogP contribution in [0.3, 0.4) is 0 Å². The van der Waals surface area contributed by atoms with Crippen LogP contribution < -0.4 is 4.74 Å². The lowest BCUT2D eigenvalue weighted by atomic mass is 10.0. The highest BCUT2D eigenvalue weighted by atomic mass is 16.8. The molecule has 1 aromatic carbocycles. The molecule has 0 unspecified atom stereocenters. The third kappa shape index (κ3) is 3.24. The molecule has 0 radical (unpaired) electrons. The molecule has 2 fully saturated rings. The van der Waals surface area contributed by atoms with Crippen LogP contribution in [-0.2, 0) is 18.9 Å². The number of hydrogen-bond acceptors (Lipinski definition) is 5. The van der Waals surface area contributed by atoms with E-state index in [1.54, 1.807) is 7.11 Å². The fourth-order valence-corrected chi connectivity index (χ4v) is 3.52. The molecule has 4 atom stereocenters. The Bertz CT molecular complexity index is 560. The summed E-state index contributed by atoms with van der Waals surface area (Å²) >= 11 is 0. The van der Waals surface area contributed by atoms with E-state index in [0.29, 0.717) is 6.61 Å². The number of benzene rings is 1. The molecule has 0 amide bonds. The van der Waals surface area contributed by atoms with Crippen molar-refractivity contribution in [2.24, 2.45) is 0 Å². The lowest BCUT2D eigenvalue weighted by Crippen LogP contribution is -2.55. The van der Waals surface area contributed by atoms with Gasteiger partial charge in [0.15, 0.2) is 18.2 Å². The van der Waals surface area contributed by atoms with E-state index in [2.05, 4.69) is 19.1 Å². The van der Waals surface area contributed by atoms with Crippen molar-refractivity contribution in [3.63, 3.8) is 0 Å². The standard InChI is InChI=1S/C18H26O5/c1-10-7-11(2)14(12(3)8-10)21-16-15-13(9-20-17(16)19-6)22-18(4,5)23-15/h7-8,13,15-17H,9H2,1-6H3/t13-,15-,16+,17+/m0/s1. The van der Waals surface area contributed by atoms with Crippen molar-refractivity contribution in [1.29, 1.82) is 0 Å². The summed E-state index contributed by atoms with van der Waals surface area (Å²) < 4.78 is 29.5. The monoisotopic (exact) mass is 322 g/mol. The minimum atomic E-state index is -0.639. The van der Waals surface area contributed by atoms with Crippen molar-refractivity contribution in [3.05, 3.63) is 28.8 Å². The first kappa shape index (κ1) is 16.7. The fourth-order valence-electron chi connectivity index (χ4n) is 3.52. The highest BCUT2D eigenvalue weighted by Gasteiger charge is 2.52. The van der Waals surface area contributed by atoms with Crippen LogP contribution >= 0.6 is 0 Å². The number of fused-ring (bicyclic) bond motifs is 1. The maximum atomic E-state index is 6.33. The third-order valence-electron chi connectivity index (χ3n) is 4.33. The molecule has 1 aromatic rings. The van der Waals surface area contributed by atoms with Crippen molar-refractivity contribution in [1.82, 2.24) is 0 Å². The molecule has 0 aliphatic carbocycles. The molecular formula is C18H26O5. The van der Waals surface area contributed by atoms with E-state index in [4.69, 9.17) is 23.7 Å². The van der Waals surface area contributed by atoms with Gasteiger partial charge in [-0.1, -0.05) is 17.7 Å². The van der Waals surface area contributed by atoms with Crippen molar-refractivity contribution in [3.8, 4) is 5.75 Å². The lowest BCUT2D eigenvalue weighted by molar-refractivity contribution is -0.234. The van der Waals surface area contributed by atoms with Gasteiger partial charge in [0.25, 0.3) is 0 Å². The van der Waals surface area contributed by atoms with Crippen LogP contribution in [0.2, 0.25) is 0 Å². The van der Waals surface area contributed by atoms with Crippen LogP contribution in [-0.4, -0.2) is 44.1 Å². The van der Waals surface area contributed by atoms with Gasteiger partial charge in [0.2, 0.25) is 0 Å². The summed E-state index contributed by atoms with van der Waals surface area (Å²) in [6, 6.07) is 4.22. The summed E-state index contributed by atoms with van der Waals surface area (Å²) in [7, 11) is 1.62. The highest BCUT2D eigenvalue weighted by molar-refractivity contribution is 5.43. The van der Waals surface area contributed by atoms with Gasteiger partial charge in [-0.05, 0) is 45.7 Å². The highest BCUT2D eigenvalue weighted by Crippen LogP contribution is 2.37. The van der Waals surface area contributed by atoms with Gasteiger partial charge in [-0.15, -0.1) is 0 Å². The van der Waals surface area contributed by atoms with E-state index in [0.717, 1.165) is 16.9 Å². The molecule has 3 rings (SSSR count). The Morgan fingerprint density at radius 2 is 1.74 bits per heavy atom. The smallest absolute Gasteiger partial charge is 0.197 e. The Kier molecular flexibility index (Phi) is 4.40. The minimum Gasteiger partial charge on any atom is -0.482 e. The second-order valence-electron chi connectivity index (χ2n) is 6.89. The van der Waals surface area contributed by atoms with E-state index in [1.807, 2.05) is 27.7 Å². The van der Waals surface area contributed by atoms with Crippen LogP contribution in [0.25, 0.3) is 0 Å². The van der Waals surface area contributed by atoms with Gasteiger partial charge in [-0.25, -0.2) is 0 Å². The average molecular weight is 322 g/mol. The molecule has 5 nitrogen and oxygen atoms in total. The van der Waals surface area contributed by atoms with Crippen molar-refractivity contribution in [2.45, 2.75) is 65.0 Å². The number of aryl methyl sites for hydroxylation is 3. The van der Waals surface area contributed by atoms with Crippen LogP contribution in [0, 0.1) is 20.8 Å². The number of methoxy groups -OCH3 is 1. The first-order chi connectivity index (χ1) is 10.8. The van der Waals surface area contributed by atoms with Crippen LogP contribution in [0.1, 0.15) is 30.5 Å². The maximum Gasteiger partial charge on any atom is 0.197 e. The fraction of sp³-hybridized carbons (Fsp3) is 0.667. The topological polar surface area (TPSA) is 46.2 Å². The summed E-state index contributed by atoms with van der Waals surface area (Å²) in [5.74, 6) is 0.223. The van der Waals surface area contributed by atoms with Gasteiger partial charge in [-0.3, -0.25) is 0 Å². The van der Waals surface area contributed by atoms with Gasteiger partial charge < -0.3 is 23.7 Å². The summed E-state index contributed by atoms with van der Waals surface area (Å²) in [4.78, 5) is 0. The maximum absolute atomic E-state index is 6.33. The number of rotatable bonds is 3. The number of hydrogen-bond donors (Lipinski definition) is 0. The van der Waals surface area contributed by atoms with Crippen LogP contribution in [0.4, 0.5) is 0 Å². The number of ether oxygens (including phenoxy) is 5. The summed E-state index contributed by atoms with van der Waals surface area (Å²) in [6.07, 6.45) is -1.22. The van der Waals surface area contributed by atoms with Crippen molar-refractivity contribution >= 4 is 0 Å². The largest absolute Gasteiger partial charge is 0.482 e. The van der Waals surface area contributed by atoms with E-state index in [1.165, 1.54) is 5.56 Å². The summed E-state index contributed by atoms with van der Waals surface area (Å²) in [5.41, 5.74) is 3.41. The minimum absolute atomic E-state index is 0.146. The van der Waals surface area contributed by atoms with E-state index >= 15 is 0 Å². The Morgan fingerprint density at radius 1 is 1.09 bits per heavy atom. The molecule has 23 heavy (non-hydrogen) atoms. The summed E-state index contributed by atoms with van der Waals surface area (Å²) in [5, 5.41) is 0. The van der Waals surface area contributed by atoms with E-state index in [9.17, 15) is 0 Å². The van der Waals surface area contributed by atoms with Crippen LogP contribution in [0.5, 0.6) is 5.75 Å². The SMILES string of the molecule is CO[C@@H]1OC[C@@H]2OC(C)(C)O[C@@H]2[C@H]1Oc1c(C)cc(C)cc1C. The second-order valence-corrected chi connectivity index (χ2v) is 6.89. The summed E-state index contributed by atoms with van der Waals surface area (Å²) in [6.45, 7) is 10.4. The molecular weight excluding hydrogens is 296 g/mol. The zero-order valence-corrected chi connectivity index (χ0v) is 14.7. The second kappa shape index (κ2) is 6.06. The Labute approximate surface area is 137 Å². The Morgan fingerprint density at radius 3 is 2.35 bits per heavy atom. The average Bonchev–Trinajstić information content (AvgIpc) is 2.76. The molecule has 5 heteroatoms. The van der Waals surface area contributed by atoms with Gasteiger partial charge in [0, 0.05) is 7.11 Å². The van der Waals surface area contributed by atoms with E-state index < -0.39 is 12.1 Å². The van der Waals surface area contributed by atoms with Gasteiger partial charge in [0.1, 0.15) is 18.0 Å². The molecule has 0 spiro atoms. The zero-order chi connectivity index (χ0) is 16.8. The molecule has 128 valence electrons. The molecule has 2 aliphatic heterocycles. The first-order valence-electron chi connectivity index (χ1n) is 8.05. The van der Waals surface area contributed by atoms with Crippen molar-refractivity contribution < 1.29 is 23.7 Å². The molecule has 0 saturated carbocycles. The van der Waals surface area contributed by atoms with Gasteiger partial charge >= 0.3 is 0 Å². The van der Waals surface area contributed by atoms with Crippen LogP contribution in [0.15, 0.2) is 12.1 Å². The third-order valence-corrected chi connectivity index (χ3v) is 4.33. The Balaban J connectivity index is 1.89. The van der Waals surface area contributed by atoms with Gasteiger partial charge in [-0.2, -0.15) is 0 Å². The predicted molar refractivity (Wildman–Crippen MR) is 85.6 cm³/mol. The molecule has 0 bridgehead atoms. The molecule has 2 heterocycles. The normalized spacial score (nSPS) is 32.6. The molecule has 2 saturated heterocycles. The van der Waals surface area contributed by atoms with Gasteiger partial charge in [0.05, 0.1) is 6.61 Å². The Hall–Kier alpha value is -1.14. The van der Waals surface area contributed by atoms with Crippen molar-refractivity contribution in [2.75, 3.05) is 13.7 Å². The lowest BCUT2D eigenvalue weighted by Gasteiger charge is -2.37. The first-order valence-corrected chi connectivity index (χ1v) is 8.05. The molecule has 0 aromatic heterocycles. The predicted octanol–water partition coefficient (Wildman–Crippen LogP) is 2.88. The molecule has 0 N–H and O–H groups in total. The molecule has 2 aliphatic rings. The zero-order valence-electron chi connectivity index (χ0n) is 14.7.